The summed E-state index contributed by atoms with van der Waals surface area (Å²) in [6.45, 7) is 1.40. The summed E-state index contributed by atoms with van der Waals surface area (Å²) < 4.78 is 23.2. The molecule has 0 bridgehead atoms. The first-order valence-electron chi connectivity index (χ1n) is 5.02. The summed E-state index contributed by atoms with van der Waals surface area (Å²) in [4.78, 5) is 11.3. The molecule has 1 aromatic carbocycles. The molecule has 0 saturated heterocycles. The Morgan fingerprint density at radius 1 is 1.47 bits per heavy atom. The van der Waals surface area contributed by atoms with Gasteiger partial charge in [0.15, 0.2) is 0 Å². The van der Waals surface area contributed by atoms with Crippen molar-refractivity contribution < 1.29 is 23.8 Å². The summed E-state index contributed by atoms with van der Waals surface area (Å²) in [7, 11) is 2.80. The third-order valence-corrected chi connectivity index (χ3v) is 2.66. The Morgan fingerprint density at radius 3 is 2.59 bits per heavy atom. The number of methoxy groups -OCH3 is 2. The largest absolute Gasteiger partial charge is 0.496 e. The van der Waals surface area contributed by atoms with Crippen molar-refractivity contribution in [2.24, 2.45) is 0 Å². The third-order valence-electron chi connectivity index (χ3n) is 2.66. The van der Waals surface area contributed by atoms with E-state index in [1.54, 1.807) is 0 Å². The van der Waals surface area contributed by atoms with Crippen LogP contribution in [0.1, 0.15) is 12.5 Å². The fourth-order valence-electron chi connectivity index (χ4n) is 1.65. The van der Waals surface area contributed by atoms with Crippen LogP contribution in [0.5, 0.6) is 5.75 Å². The van der Waals surface area contributed by atoms with E-state index in [1.165, 1.54) is 33.3 Å². The Morgan fingerprint density at radius 2 is 2.12 bits per heavy atom. The molecule has 1 rings (SSSR count). The highest BCUT2D eigenvalue weighted by molar-refractivity contribution is 5.82. The zero-order valence-corrected chi connectivity index (χ0v) is 9.99. The van der Waals surface area contributed by atoms with Gasteiger partial charge in [-0.2, -0.15) is 0 Å². The molecule has 4 nitrogen and oxygen atoms in total. The van der Waals surface area contributed by atoms with Crippen LogP contribution in [-0.4, -0.2) is 31.9 Å². The molecule has 0 heterocycles. The molecule has 0 amide bonds. The lowest BCUT2D eigenvalue weighted by Crippen LogP contribution is -2.37. The summed E-state index contributed by atoms with van der Waals surface area (Å²) >= 11 is 0. The van der Waals surface area contributed by atoms with E-state index < -0.39 is 17.2 Å². The second-order valence-electron chi connectivity index (χ2n) is 3.91. The number of rotatable bonds is 5. The number of aliphatic carboxylic acids is 1. The molecule has 1 unspecified atom stereocenters. The van der Waals surface area contributed by atoms with Crippen molar-refractivity contribution in [1.29, 1.82) is 0 Å². The van der Waals surface area contributed by atoms with Crippen molar-refractivity contribution in [1.82, 2.24) is 0 Å². The zero-order valence-electron chi connectivity index (χ0n) is 9.99. The van der Waals surface area contributed by atoms with Gasteiger partial charge in [0.1, 0.15) is 17.0 Å². The van der Waals surface area contributed by atoms with E-state index in [0.29, 0.717) is 5.75 Å². The molecule has 0 aliphatic heterocycles. The minimum atomic E-state index is -1.35. The van der Waals surface area contributed by atoms with Crippen molar-refractivity contribution in [3.8, 4) is 5.75 Å². The molecule has 17 heavy (non-hydrogen) atoms. The number of ether oxygens (including phenoxy) is 2. The highest BCUT2D eigenvalue weighted by Gasteiger charge is 2.38. The lowest BCUT2D eigenvalue weighted by atomic mass is 9.82. The third kappa shape index (κ3) is 2.55. The van der Waals surface area contributed by atoms with E-state index in [9.17, 15) is 14.3 Å². The molecular weight excluding hydrogens is 227 g/mol. The topological polar surface area (TPSA) is 55.8 Å². The number of carboxylic acids is 1. The summed E-state index contributed by atoms with van der Waals surface area (Å²) in [5.74, 6) is -1.28. The van der Waals surface area contributed by atoms with Crippen LogP contribution in [-0.2, 0) is 14.9 Å². The summed E-state index contributed by atoms with van der Waals surface area (Å²) in [6.07, 6.45) is 0. The van der Waals surface area contributed by atoms with Gasteiger partial charge in [-0.3, -0.25) is 4.79 Å². The summed E-state index contributed by atoms with van der Waals surface area (Å²) in [6, 6.07) is 3.78. The van der Waals surface area contributed by atoms with Gasteiger partial charge in [0.05, 0.1) is 13.7 Å². The number of hydrogen-bond acceptors (Lipinski definition) is 3. The number of carbonyl (C=O) groups is 1. The maximum absolute atomic E-state index is 13.2. The first kappa shape index (κ1) is 13.4. The summed E-state index contributed by atoms with van der Waals surface area (Å²) in [5, 5.41) is 9.27. The molecular formula is C12H15FO4. The molecule has 94 valence electrons. The minimum absolute atomic E-state index is 0.0673. The highest BCUT2D eigenvalue weighted by atomic mass is 19.1. The van der Waals surface area contributed by atoms with E-state index in [2.05, 4.69) is 0 Å². The van der Waals surface area contributed by atoms with Crippen LogP contribution < -0.4 is 4.74 Å². The number of halogens is 1. The van der Waals surface area contributed by atoms with E-state index >= 15 is 0 Å². The Labute approximate surface area is 99.0 Å². The van der Waals surface area contributed by atoms with Crippen LogP contribution in [0.3, 0.4) is 0 Å². The van der Waals surface area contributed by atoms with Crippen molar-refractivity contribution in [3.05, 3.63) is 29.6 Å². The maximum atomic E-state index is 13.2. The molecule has 1 atom stereocenters. The standard InChI is InChI=1S/C12H15FO4/c1-12(7-16-2,11(14)15)9-6-8(13)4-5-10(9)17-3/h4-6H,7H2,1-3H3,(H,14,15). The monoisotopic (exact) mass is 242 g/mol. The molecule has 0 fully saturated rings. The molecule has 5 heteroatoms. The molecule has 0 radical (unpaired) electrons. The van der Waals surface area contributed by atoms with Gasteiger partial charge in [-0.1, -0.05) is 0 Å². The van der Waals surface area contributed by atoms with Crippen LogP contribution >= 0.6 is 0 Å². The van der Waals surface area contributed by atoms with Gasteiger partial charge in [0, 0.05) is 12.7 Å². The first-order valence-corrected chi connectivity index (χ1v) is 5.02. The molecule has 0 aliphatic carbocycles. The van der Waals surface area contributed by atoms with E-state index in [4.69, 9.17) is 9.47 Å². The second-order valence-corrected chi connectivity index (χ2v) is 3.91. The molecule has 0 saturated carbocycles. The van der Waals surface area contributed by atoms with Crippen LogP contribution in [0.4, 0.5) is 4.39 Å². The smallest absolute Gasteiger partial charge is 0.316 e. The fraction of sp³-hybridized carbons (Fsp3) is 0.417. The summed E-state index contributed by atoms with van der Waals surface area (Å²) in [5.41, 5.74) is -1.09. The molecule has 0 aliphatic rings. The molecule has 1 N–H and O–H groups in total. The average molecular weight is 242 g/mol. The van der Waals surface area contributed by atoms with E-state index in [-0.39, 0.29) is 12.2 Å². The second kappa shape index (κ2) is 5.14. The normalized spacial score (nSPS) is 14.1. The van der Waals surface area contributed by atoms with Gasteiger partial charge >= 0.3 is 5.97 Å². The predicted molar refractivity (Wildman–Crippen MR) is 59.8 cm³/mol. The average Bonchev–Trinajstić information content (AvgIpc) is 2.29. The van der Waals surface area contributed by atoms with Gasteiger partial charge < -0.3 is 14.6 Å². The van der Waals surface area contributed by atoms with Gasteiger partial charge in [0.2, 0.25) is 0 Å². The van der Waals surface area contributed by atoms with Crippen LogP contribution in [0.25, 0.3) is 0 Å². The Hall–Kier alpha value is -1.62. The Bertz CT molecular complexity index is 419. The lowest BCUT2D eigenvalue weighted by molar-refractivity contribution is -0.145. The molecule has 0 aromatic heterocycles. The maximum Gasteiger partial charge on any atom is 0.316 e. The van der Waals surface area contributed by atoms with Crippen molar-refractivity contribution in [3.63, 3.8) is 0 Å². The van der Waals surface area contributed by atoms with Crippen LogP contribution in [0.2, 0.25) is 0 Å². The molecule has 1 aromatic rings. The van der Waals surface area contributed by atoms with Gasteiger partial charge in [-0.25, -0.2) is 4.39 Å². The highest BCUT2D eigenvalue weighted by Crippen LogP contribution is 2.33. The fourth-order valence-corrected chi connectivity index (χ4v) is 1.65. The van der Waals surface area contributed by atoms with Crippen molar-refractivity contribution in [2.45, 2.75) is 12.3 Å². The zero-order chi connectivity index (χ0) is 13.1. The Balaban J connectivity index is 3.36. The van der Waals surface area contributed by atoms with Gasteiger partial charge in [0.25, 0.3) is 0 Å². The van der Waals surface area contributed by atoms with E-state index in [0.717, 1.165) is 6.07 Å². The molecule has 0 spiro atoms. The minimum Gasteiger partial charge on any atom is -0.496 e. The van der Waals surface area contributed by atoms with E-state index in [1.807, 2.05) is 0 Å². The van der Waals surface area contributed by atoms with Crippen LogP contribution in [0.15, 0.2) is 18.2 Å². The quantitative estimate of drug-likeness (QED) is 0.855. The first-order chi connectivity index (χ1) is 7.95. The van der Waals surface area contributed by atoms with Crippen LogP contribution in [0, 0.1) is 5.82 Å². The number of benzene rings is 1. The van der Waals surface area contributed by atoms with Gasteiger partial charge in [-0.15, -0.1) is 0 Å². The Kier molecular flexibility index (Phi) is 4.07. The van der Waals surface area contributed by atoms with Crippen molar-refractivity contribution in [2.75, 3.05) is 20.8 Å². The predicted octanol–water partition coefficient (Wildman–Crippen LogP) is 1.82. The number of carboxylic acid groups (broad SMARTS) is 1. The number of hydrogen-bond donors (Lipinski definition) is 1. The van der Waals surface area contributed by atoms with Gasteiger partial charge in [-0.05, 0) is 25.1 Å². The SMILES string of the molecule is COCC(C)(C(=O)O)c1cc(F)ccc1OC. The lowest BCUT2D eigenvalue weighted by Gasteiger charge is -2.26. The van der Waals surface area contributed by atoms with Crippen molar-refractivity contribution >= 4 is 5.97 Å².